The number of aliphatic carboxylic acids is 1. The fraction of sp³-hybridized carbons (Fsp3) is 0.417. The first-order chi connectivity index (χ1) is 8.99. The standard InChI is InChI=1S/C12H15NO4S2/c14-12(15)7-8-18-10-3-1-2-4-11(10)19(16,17)13-9-5-6-9/h1-4,9,13H,5-8H2,(H,14,15). The summed E-state index contributed by atoms with van der Waals surface area (Å²) >= 11 is 1.25. The highest BCUT2D eigenvalue weighted by Crippen LogP contribution is 2.29. The highest BCUT2D eigenvalue weighted by Gasteiger charge is 2.29. The van der Waals surface area contributed by atoms with E-state index in [2.05, 4.69) is 4.72 Å². The molecule has 0 bridgehead atoms. The Bertz CT molecular complexity index is 567. The summed E-state index contributed by atoms with van der Waals surface area (Å²) in [5.74, 6) is -0.533. The van der Waals surface area contributed by atoms with Crippen molar-refractivity contribution in [3.63, 3.8) is 0 Å². The number of nitrogens with one attached hydrogen (secondary N) is 1. The highest BCUT2D eigenvalue weighted by atomic mass is 32.2. The Morgan fingerprint density at radius 1 is 1.37 bits per heavy atom. The summed E-state index contributed by atoms with van der Waals surface area (Å²) in [5.41, 5.74) is 0. The molecule has 19 heavy (non-hydrogen) atoms. The van der Waals surface area contributed by atoms with Crippen molar-refractivity contribution in [1.82, 2.24) is 4.72 Å². The van der Waals surface area contributed by atoms with Gasteiger partial charge in [0.1, 0.15) is 0 Å². The topological polar surface area (TPSA) is 83.5 Å². The smallest absolute Gasteiger partial charge is 0.304 e. The van der Waals surface area contributed by atoms with Gasteiger partial charge in [-0.05, 0) is 25.0 Å². The zero-order valence-corrected chi connectivity index (χ0v) is 11.8. The Hall–Kier alpha value is -1.05. The largest absolute Gasteiger partial charge is 0.481 e. The number of sulfonamides is 1. The lowest BCUT2D eigenvalue weighted by Crippen LogP contribution is -2.26. The zero-order valence-electron chi connectivity index (χ0n) is 10.2. The van der Waals surface area contributed by atoms with Crippen LogP contribution >= 0.6 is 11.8 Å². The molecule has 1 saturated carbocycles. The second-order valence-electron chi connectivity index (χ2n) is 4.33. The molecule has 0 saturated heterocycles. The molecule has 0 radical (unpaired) electrons. The van der Waals surface area contributed by atoms with E-state index in [1.54, 1.807) is 24.3 Å². The van der Waals surface area contributed by atoms with Crippen LogP contribution in [0.5, 0.6) is 0 Å². The maximum absolute atomic E-state index is 12.2. The minimum atomic E-state index is -3.50. The van der Waals surface area contributed by atoms with Crippen molar-refractivity contribution in [1.29, 1.82) is 0 Å². The van der Waals surface area contributed by atoms with Crippen LogP contribution in [0.25, 0.3) is 0 Å². The predicted molar refractivity (Wildman–Crippen MR) is 72.8 cm³/mol. The molecule has 0 aromatic heterocycles. The number of benzene rings is 1. The van der Waals surface area contributed by atoms with E-state index in [9.17, 15) is 13.2 Å². The van der Waals surface area contributed by atoms with Gasteiger partial charge in [0.15, 0.2) is 0 Å². The van der Waals surface area contributed by atoms with Gasteiger partial charge < -0.3 is 5.11 Å². The van der Waals surface area contributed by atoms with Crippen molar-refractivity contribution >= 4 is 27.8 Å². The SMILES string of the molecule is O=C(O)CCSc1ccccc1S(=O)(=O)NC1CC1. The average Bonchev–Trinajstić information content (AvgIpc) is 3.12. The van der Waals surface area contributed by atoms with Gasteiger partial charge in [0.2, 0.25) is 10.0 Å². The van der Waals surface area contributed by atoms with Crippen LogP contribution in [0.3, 0.4) is 0 Å². The molecule has 2 rings (SSSR count). The van der Waals surface area contributed by atoms with Crippen LogP contribution in [-0.2, 0) is 14.8 Å². The Labute approximate surface area is 116 Å². The lowest BCUT2D eigenvalue weighted by atomic mass is 10.4. The Kier molecular flexibility index (Phi) is 4.49. The molecular weight excluding hydrogens is 286 g/mol. The molecule has 0 unspecified atom stereocenters. The highest BCUT2D eigenvalue weighted by molar-refractivity contribution is 8.00. The van der Waals surface area contributed by atoms with Crippen molar-refractivity contribution in [3.05, 3.63) is 24.3 Å². The first kappa shape index (κ1) is 14.4. The molecule has 7 heteroatoms. The van der Waals surface area contributed by atoms with Crippen LogP contribution in [-0.4, -0.2) is 31.3 Å². The molecule has 104 valence electrons. The fourth-order valence-corrected chi connectivity index (χ4v) is 4.30. The fourth-order valence-electron chi connectivity index (χ4n) is 1.52. The first-order valence-electron chi connectivity index (χ1n) is 5.95. The number of thioether (sulfide) groups is 1. The van der Waals surface area contributed by atoms with E-state index in [1.165, 1.54) is 11.8 Å². The third-order valence-electron chi connectivity index (χ3n) is 2.61. The summed E-state index contributed by atoms with van der Waals surface area (Å²) in [6, 6.07) is 6.73. The molecule has 1 aliphatic carbocycles. The van der Waals surface area contributed by atoms with Crippen molar-refractivity contribution < 1.29 is 18.3 Å². The van der Waals surface area contributed by atoms with Crippen LogP contribution in [0.15, 0.2) is 34.1 Å². The quantitative estimate of drug-likeness (QED) is 0.749. The summed E-state index contributed by atoms with van der Waals surface area (Å²) in [7, 11) is -3.50. The zero-order chi connectivity index (χ0) is 13.9. The molecule has 1 aliphatic rings. The number of carboxylic acids is 1. The molecule has 0 amide bonds. The van der Waals surface area contributed by atoms with Gasteiger partial charge in [-0.3, -0.25) is 4.79 Å². The van der Waals surface area contributed by atoms with E-state index >= 15 is 0 Å². The molecule has 1 aromatic carbocycles. The van der Waals surface area contributed by atoms with Crippen molar-refractivity contribution in [3.8, 4) is 0 Å². The Morgan fingerprint density at radius 3 is 2.68 bits per heavy atom. The third kappa shape index (κ3) is 4.22. The van der Waals surface area contributed by atoms with Gasteiger partial charge in [-0.15, -0.1) is 11.8 Å². The molecule has 0 aliphatic heterocycles. The molecule has 5 nitrogen and oxygen atoms in total. The second-order valence-corrected chi connectivity index (χ2v) is 7.15. The van der Waals surface area contributed by atoms with E-state index in [1.807, 2.05) is 0 Å². The summed E-state index contributed by atoms with van der Waals surface area (Å²) < 4.78 is 26.9. The molecule has 0 atom stereocenters. The van der Waals surface area contributed by atoms with E-state index in [0.717, 1.165) is 12.8 Å². The van der Waals surface area contributed by atoms with Gasteiger partial charge in [0, 0.05) is 16.7 Å². The monoisotopic (exact) mass is 301 g/mol. The first-order valence-corrected chi connectivity index (χ1v) is 8.42. The van der Waals surface area contributed by atoms with E-state index < -0.39 is 16.0 Å². The molecular formula is C12H15NO4S2. The van der Waals surface area contributed by atoms with Crippen LogP contribution in [0.4, 0.5) is 0 Å². The Balaban J connectivity index is 2.12. The third-order valence-corrected chi connectivity index (χ3v) is 5.39. The summed E-state index contributed by atoms with van der Waals surface area (Å²) in [6.45, 7) is 0. The van der Waals surface area contributed by atoms with E-state index in [0.29, 0.717) is 10.6 Å². The number of hydrogen-bond acceptors (Lipinski definition) is 4. The van der Waals surface area contributed by atoms with Gasteiger partial charge in [-0.2, -0.15) is 0 Å². The Morgan fingerprint density at radius 2 is 2.05 bits per heavy atom. The van der Waals surface area contributed by atoms with Gasteiger partial charge in [-0.25, -0.2) is 13.1 Å². The molecule has 1 aromatic rings. The van der Waals surface area contributed by atoms with Crippen molar-refractivity contribution in [2.24, 2.45) is 0 Å². The molecule has 2 N–H and O–H groups in total. The van der Waals surface area contributed by atoms with Crippen LogP contribution < -0.4 is 4.72 Å². The van der Waals surface area contributed by atoms with Gasteiger partial charge in [0.05, 0.1) is 11.3 Å². The van der Waals surface area contributed by atoms with E-state index in [4.69, 9.17) is 5.11 Å². The number of carboxylic acid groups (broad SMARTS) is 1. The van der Waals surface area contributed by atoms with Crippen LogP contribution in [0.2, 0.25) is 0 Å². The van der Waals surface area contributed by atoms with E-state index in [-0.39, 0.29) is 17.4 Å². The maximum atomic E-state index is 12.2. The van der Waals surface area contributed by atoms with Crippen LogP contribution in [0.1, 0.15) is 19.3 Å². The predicted octanol–water partition coefficient (Wildman–Crippen LogP) is 1.69. The lowest BCUT2D eigenvalue weighted by Gasteiger charge is -2.10. The van der Waals surface area contributed by atoms with Crippen molar-refractivity contribution in [2.75, 3.05) is 5.75 Å². The molecule has 1 fully saturated rings. The normalized spacial score (nSPS) is 15.4. The molecule has 0 heterocycles. The summed E-state index contributed by atoms with van der Waals surface area (Å²) in [4.78, 5) is 11.3. The second kappa shape index (κ2) is 5.94. The van der Waals surface area contributed by atoms with Crippen molar-refractivity contribution in [2.45, 2.75) is 35.1 Å². The van der Waals surface area contributed by atoms with Gasteiger partial charge in [0.25, 0.3) is 0 Å². The lowest BCUT2D eigenvalue weighted by molar-refractivity contribution is -0.136. The number of rotatable bonds is 7. The van der Waals surface area contributed by atoms with Gasteiger partial charge >= 0.3 is 5.97 Å². The summed E-state index contributed by atoms with van der Waals surface area (Å²) in [5, 5.41) is 8.60. The average molecular weight is 301 g/mol. The minimum Gasteiger partial charge on any atom is -0.481 e. The van der Waals surface area contributed by atoms with Crippen LogP contribution in [0, 0.1) is 0 Å². The molecule has 0 spiro atoms. The van der Waals surface area contributed by atoms with Gasteiger partial charge in [-0.1, -0.05) is 12.1 Å². The number of carbonyl (C=O) groups is 1. The maximum Gasteiger partial charge on any atom is 0.304 e. The summed E-state index contributed by atoms with van der Waals surface area (Å²) in [6.07, 6.45) is 1.77. The number of hydrogen-bond donors (Lipinski definition) is 2. The minimum absolute atomic E-state index is 0.00903.